The van der Waals surface area contributed by atoms with Crippen LogP contribution in [-0.4, -0.2) is 19.3 Å². The molecule has 0 radical (unpaired) electrons. The van der Waals surface area contributed by atoms with Gasteiger partial charge >= 0.3 is 0 Å². The van der Waals surface area contributed by atoms with Crippen molar-refractivity contribution in [3.8, 4) is 0 Å². The third-order valence-corrected chi connectivity index (χ3v) is 2.97. The predicted octanol–water partition coefficient (Wildman–Crippen LogP) is 2.49. The maximum atomic E-state index is 13.6. The molecule has 1 N–H and O–H groups in total. The summed E-state index contributed by atoms with van der Waals surface area (Å²) >= 11 is 0. The van der Waals surface area contributed by atoms with Gasteiger partial charge in [0.15, 0.2) is 0 Å². The molecule has 0 unspecified atom stereocenters. The van der Waals surface area contributed by atoms with E-state index in [1.165, 1.54) is 5.56 Å². The summed E-state index contributed by atoms with van der Waals surface area (Å²) in [5, 5.41) is 3.12. The fraction of sp³-hybridized carbons (Fsp3) is 0.538. The van der Waals surface area contributed by atoms with Crippen LogP contribution in [0.3, 0.4) is 0 Å². The lowest BCUT2D eigenvalue weighted by Crippen LogP contribution is -2.11. The van der Waals surface area contributed by atoms with E-state index in [2.05, 4.69) is 17.4 Å². The molecular weight excluding hydrogens is 189 g/mol. The Hall–Kier alpha value is -0.890. The van der Waals surface area contributed by atoms with Crippen LogP contribution in [0.1, 0.15) is 24.0 Å². The van der Waals surface area contributed by atoms with Crippen LogP contribution in [0.5, 0.6) is 0 Å². The van der Waals surface area contributed by atoms with Gasteiger partial charge in [0.05, 0.1) is 0 Å². The topological polar surface area (TPSA) is 12.0 Å². The van der Waals surface area contributed by atoms with Gasteiger partial charge in [-0.05, 0) is 44.0 Å². The Morgan fingerprint density at radius 3 is 2.73 bits per heavy atom. The van der Waals surface area contributed by atoms with Crippen LogP contribution in [0, 0.1) is 0 Å². The zero-order chi connectivity index (χ0) is 10.7. The molecular formula is C13H18FN. The molecule has 0 heterocycles. The van der Waals surface area contributed by atoms with Crippen LogP contribution in [-0.2, 0) is 12.8 Å². The second-order valence-corrected chi connectivity index (χ2v) is 4.50. The average Bonchev–Trinajstić information content (AvgIpc) is 2.93. The summed E-state index contributed by atoms with van der Waals surface area (Å²) in [6.45, 7) is 0.976. The fourth-order valence-electron chi connectivity index (χ4n) is 1.84. The molecule has 1 aliphatic carbocycles. The first-order valence-corrected chi connectivity index (χ1v) is 5.63. The zero-order valence-corrected chi connectivity index (χ0v) is 9.22. The quantitative estimate of drug-likeness (QED) is 0.782. The first-order chi connectivity index (χ1) is 7.22. The minimum Gasteiger partial charge on any atom is -0.319 e. The maximum Gasteiger partial charge on any atom is 0.115 e. The van der Waals surface area contributed by atoms with Gasteiger partial charge < -0.3 is 5.32 Å². The van der Waals surface area contributed by atoms with E-state index in [1.807, 2.05) is 19.2 Å². The van der Waals surface area contributed by atoms with Crippen LogP contribution in [0.15, 0.2) is 24.3 Å². The number of nitrogens with one attached hydrogen (secondary N) is 1. The molecule has 1 aromatic carbocycles. The number of hydrogen-bond donors (Lipinski definition) is 1. The van der Waals surface area contributed by atoms with Crippen LogP contribution < -0.4 is 5.32 Å². The molecule has 1 aliphatic rings. The highest BCUT2D eigenvalue weighted by molar-refractivity contribution is 5.26. The summed E-state index contributed by atoms with van der Waals surface area (Å²) in [7, 11) is 1.95. The van der Waals surface area contributed by atoms with Crippen molar-refractivity contribution in [2.24, 2.45) is 0 Å². The Balaban J connectivity index is 1.98. The van der Waals surface area contributed by atoms with E-state index >= 15 is 0 Å². The number of rotatable bonds is 5. The minimum absolute atomic E-state index is 0.598. The Bertz CT molecular complexity index is 331. The zero-order valence-electron chi connectivity index (χ0n) is 9.22. The van der Waals surface area contributed by atoms with E-state index in [0.717, 1.165) is 31.4 Å². The Kier molecular flexibility index (Phi) is 3.06. The molecule has 1 fully saturated rings. The van der Waals surface area contributed by atoms with Crippen LogP contribution in [0.25, 0.3) is 0 Å². The molecule has 2 heteroatoms. The highest BCUT2D eigenvalue weighted by Gasteiger charge is 2.42. The molecule has 0 bridgehead atoms. The van der Waals surface area contributed by atoms with Crippen molar-refractivity contribution >= 4 is 0 Å². The van der Waals surface area contributed by atoms with E-state index in [0.29, 0.717) is 6.42 Å². The van der Waals surface area contributed by atoms with Crippen molar-refractivity contribution < 1.29 is 4.39 Å². The first kappa shape index (κ1) is 10.6. The molecule has 1 nitrogen and oxygen atoms in total. The monoisotopic (exact) mass is 207 g/mol. The summed E-state index contributed by atoms with van der Waals surface area (Å²) in [5.41, 5.74) is 1.57. The van der Waals surface area contributed by atoms with Crippen LogP contribution >= 0.6 is 0 Å². The molecule has 0 atom stereocenters. The van der Waals surface area contributed by atoms with Crippen molar-refractivity contribution in [2.45, 2.75) is 31.4 Å². The molecule has 2 rings (SSSR count). The largest absolute Gasteiger partial charge is 0.319 e. The van der Waals surface area contributed by atoms with Gasteiger partial charge in [-0.25, -0.2) is 4.39 Å². The summed E-state index contributed by atoms with van der Waals surface area (Å²) in [6, 6.07) is 8.31. The van der Waals surface area contributed by atoms with E-state index in [1.54, 1.807) is 0 Å². The molecule has 15 heavy (non-hydrogen) atoms. The van der Waals surface area contributed by atoms with Gasteiger partial charge in [-0.2, -0.15) is 0 Å². The maximum absolute atomic E-state index is 13.6. The van der Waals surface area contributed by atoms with Crippen molar-refractivity contribution in [3.63, 3.8) is 0 Å². The third-order valence-electron chi connectivity index (χ3n) is 2.97. The molecule has 0 aliphatic heterocycles. The Morgan fingerprint density at radius 2 is 2.07 bits per heavy atom. The van der Waals surface area contributed by atoms with Crippen molar-refractivity contribution in [1.29, 1.82) is 0 Å². The lowest BCUT2D eigenvalue weighted by molar-refractivity contribution is 0.308. The second kappa shape index (κ2) is 4.31. The molecule has 0 spiro atoms. The molecule has 0 aromatic heterocycles. The SMILES string of the molecule is CNCCc1cccc(CC2(F)CC2)c1. The summed E-state index contributed by atoms with van der Waals surface area (Å²) in [5.74, 6) is 0. The number of hydrogen-bond acceptors (Lipinski definition) is 1. The number of benzene rings is 1. The van der Waals surface area contributed by atoms with Gasteiger partial charge in [0.1, 0.15) is 5.67 Å². The fourth-order valence-corrected chi connectivity index (χ4v) is 1.84. The average molecular weight is 207 g/mol. The normalized spacial score (nSPS) is 17.7. The summed E-state index contributed by atoms with van der Waals surface area (Å²) < 4.78 is 13.6. The minimum atomic E-state index is -0.873. The van der Waals surface area contributed by atoms with E-state index in [-0.39, 0.29) is 0 Å². The first-order valence-electron chi connectivity index (χ1n) is 5.63. The van der Waals surface area contributed by atoms with Crippen molar-refractivity contribution in [2.75, 3.05) is 13.6 Å². The van der Waals surface area contributed by atoms with Crippen LogP contribution in [0.2, 0.25) is 0 Å². The van der Waals surface area contributed by atoms with E-state index in [4.69, 9.17) is 0 Å². The lowest BCUT2D eigenvalue weighted by Gasteiger charge is -2.07. The van der Waals surface area contributed by atoms with Crippen molar-refractivity contribution in [1.82, 2.24) is 5.32 Å². The van der Waals surface area contributed by atoms with Gasteiger partial charge in [0.2, 0.25) is 0 Å². The van der Waals surface area contributed by atoms with Gasteiger partial charge in [-0.1, -0.05) is 24.3 Å². The standard InChI is InChI=1S/C13H18FN/c1-15-8-5-11-3-2-4-12(9-11)10-13(14)6-7-13/h2-4,9,15H,5-8,10H2,1H3. The van der Waals surface area contributed by atoms with Gasteiger partial charge in [0, 0.05) is 6.42 Å². The Morgan fingerprint density at radius 1 is 1.33 bits per heavy atom. The highest BCUT2D eigenvalue weighted by atomic mass is 19.1. The molecule has 1 saturated carbocycles. The van der Waals surface area contributed by atoms with E-state index in [9.17, 15) is 4.39 Å². The second-order valence-electron chi connectivity index (χ2n) is 4.50. The summed E-state index contributed by atoms with van der Waals surface area (Å²) in [6.07, 6.45) is 3.10. The van der Waals surface area contributed by atoms with Gasteiger partial charge in [-0.3, -0.25) is 0 Å². The number of likely N-dealkylation sites (N-methyl/N-ethyl adjacent to an activating group) is 1. The molecule has 1 aromatic rings. The molecule has 0 saturated heterocycles. The van der Waals surface area contributed by atoms with Gasteiger partial charge in [-0.15, -0.1) is 0 Å². The van der Waals surface area contributed by atoms with Crippen molar-refractivity contribution in [3.05, 3.63) is 35.4 Å². The molecule has 82 valence electrons. The number of halogens is 1. The number of alkyl halides is 1. The lowest BCUT2D eigenvalue weighted by atomic mass is 10.0. The highest BCUT2D eigenvalue weighted by Crippen LogP contribution is 2.42. The van der Waals surface area contributed by atoms with Crippen LogP contribution in [0.4, 0.5) is 4.39 Å². The summed E-state index contributed by atoms with van der Waals surface area (Å²) in [4.78, 5) is 0. The molecule has 0 amide bonds. The predicted molar refractivity (Wildman–Crippen MR) is 60.8 cm³/mol. The van der Waals surface area contributed by atoms with E-state index < -0.39 is 5.67 Å². The smallest absolute Gasteiger partial charge is 0.115 e. The Labute approximate surface area is 90.7 Å². The van der Waals surface area contributed by atoms with Gasteiger partial charge in [0.25, 0.3) is 0 Å². The third kappa shape index (κ3) is 3.03.